The van der Waals surface area contributed by atoms with E-state index < -0.39 is 11.7 Å². The average molecular weight is 293 g/mol. The Balaban J connectivity index is 2.41. The monoisotopic (exact) mass is 293 g/mol. The number of rotatable bonds is 6. The highest BCUT2D eigenvalue weighted by molar-refractivity contribution is 5.68. The van der Waals surface area contributed by atoms with Gasteiger partial charge in [-0.2, -0.15) is 0 Å². The summed E-state index contributed by atoms with van der Waals surface area (Å²) in [6, 6.07) is 9.92. The molecule has 4 heteroatoms. The molecule has 0 bridgehead atoms. The van der Waals surface area contributed by atoms with Crippen LogP contribution < -0.4 is 5.32 Å². The SMILES string of the molecule is CC(C)[C@H](COCc1ccccc1)NC(=O)OC(C)(C)C. The van der Waals surface area contributed by atoms with Crippen molar-refractivity contribution in [1.29, 1.82) is 0 Å². The summed E-state index contributed by atoms with van der Waals surface area (Å²) in [5.74, 6) is 0.272. The number of carbonyl (C=O) groups is 1. The Morgan fingerprint density at radius 3 is 2.33 bits per heavy atom. The van der Waals surface area contributed by atoms with Crippen molar-refractivity contribution in [1.82, 2.24) is 5.32 Å². The third kappa shape index (κ3) is 7.71. The van der Waals surface area contributed by atoms with Crippen molar-refractivity contribution in [3.8, 4) is 0 Å². The average Bonchev–Trinajstić information content (AvgIpc) is 2.36. The minimum atomic E-state index is -0.490. The van der Waals surface area contributed by atoms with E-state index in [1.807, 2.05) is 65.0 Å². The van der Waals surface area contributed by atoms with Gasteiger partial charge in [-0.3, -0.25) is 0 Å². The van der Waals surface area contributed by atoms with E-state index >= 15 is 0 Å². The highest BCUT2D eigenvalue weighted by Gasteiger charge is 2.21. The number of benzene rings is 1. The molecule has 0 aromatic heterocycles. The molecule has 21 heavy (non-hydrogen) atoms. The summed E-state index contributed by atoms with van der Waals surface area (Å²) in [4.78, 5) is 11.8. The Bertz CT molecular complexity index is 423. The van der Waals surface area contributed by atoms with Crippen LogP contribution in [0.2, 0.25) is 0 Å². The van der Waals surface area contributed by atoms with Crippen LogP contribution in [0.15, 0.2) is 30.3 Å². The lowest BCUT2D eigenvalue weighted by Gasteiger charge is -2.25. The van der Waals surface area contributed by atoms with Gasteiger partial charge in [-0.25, -0.2) is 4.79 Å². The van der Waals surface area contributed by atoms with Gasteiger partial charge in [0.15, 0.2) is 0 Å². The van der Waals surface area contributed by atoms with Crippen molar-refractivity contribution in [2.75, 3.05) is 6.61 Å². The molecule has 0 aliphatic carbocycles. The molecule has 4 nitrogen and oxygen atoms in total. The first-order valence-electron chi connectivity index (χ1n) is 7.39. The summed E-state index contributed by atoms with van der Waals surface area (Å²) in [6.07, 6.45) is -0.399. The molecule has 0 aliphatic rings. The van der Waals surface area contributed by atoms with Crippen LogP contribution in [-0.4, -0.2) is 24.3 Å². The number of amides is 1. The van der Waals surface area contributed by atoms with Gasteiger partial charge >= 0.3 is 6.09 Å². The van der Waals surface area contributed by atoms with E-state index in [9.17, 15) is 4.79 Å². The Morgan fingerprint density at radius 1 is 1.19 bits per heavy atom. The zero-order chi connectivity index (χ0) is 15.9. The highest BCUT2D eigenvalue weighted by Crippen LogP contribution is 2.09. The molecule has 0 fully saturated rings. The van der Waals surface area contributed by atoms with Crippen LogP contribution in [0, 0.1) is 5.92 Å². The van der Waals surface area contributed by atoms with Gasteiger partial charge in [0.1, 0.15) is 5.60 Å². The Morgan fingerprint density at radius 2 is 1.81 bits per heavy atom. The van der Waals surface area contributed by atoms with E-state index in [2.05, 4.69) is 5.32 Å². The zero-order valence-electron chi connectivity index (χ0n) is 13.7. The molecular formula is C17H27NO3. The lowest BCUT2D eigenvalue weighted by Crippen LogP contribution is -2.44. The third-order valence-corrected chi connectivity index (χ3v) is 2.92. The van der Waals surface area contributed by atoms with Gasteiger partial charge in [-0.15, -0.1) is 0 Å². The predicted molar refractivity (Wildman–Crippen MR) is 84.1 cm³/mol. The quantitative estimate of drug-likeness (QED) is 0.869. The van der Waals surface area contributed by atoms with E-state index in [1.54, 1.807) is 0 Å². The summed E-state index contributed by atoms with van der Waals surface area (Å²) in [5, 5.41) is 2.87. The first-order chi connectivity index (χ1) is 9.78. The maximum absolute atomic E-state index is 11.8. The van der Waals surface area contributed by atoms with E-state index in [0.29, 0.717) is 13.2 Å². The molecule has 1 aromatic rings. The van der Waals surface area contributed by atoms with Crippen molar-refractivity contribution >= 4 is 6.09 Å². The van der Waals surface area contributed by atoms with Crippen LogP contribution in [0.1, 0.15) is 40.2 Å². The molecule has 1 amide bonds. The van der Waals surface area contributed by atoms with Crippen molar-refractivity contribution in [2.24, 2.45) is 5.92 Å². The van der Waals surface area contributed by atoms with Crippen molar-refractivity contribution in [3.63, 3.8) is 0 Å². The van der Waals surface area contributed by atoms with Gasteiger partial charge in [0, 0.05) is 0 Å². The van der Waals surface area contributed by atoms with E-state index in [0.717, 1.165) is 5.56 Å². The van der Waals surface area contributed by atoms with Gasteiger partial charge in [0.2, 0.25) is 0 Å². The largest absolute Gasteiger partial charge is 0.444 e. The number of hydrogen-bond acceptors (Lipinski definition) is 3. The van der Waals surface area contributed by atoms with E-state index in [1.165, 1.54) is 0 Å². The first-order valence-corrected chi connectivity index (χ1v) is 7.39. The molecule has 0 unspecified atom stereocenters. The summed E-state index contributed by atoms with van der Waals surface area (Å²) in [5.41, 5.74) is 0.633. The topological polar surface area (TPSA) is 47.6 Å². The maximum atomic E-state index is 11.8. The fourth-order valence-corrected chi connectivity index (χ4v) is 1.74. The Labute approximate surface area is 127 Å². The lowest BCUT2D eigenvalue weighted by molar-refractivity contribution is 0.0388. The number of ether oxygens (including phenoxy) is 2. The third-order valence-electron chi connectivity index (χ3n) is 2.92. The minimum absolute atomic E-state index is 0.0661. The van der Waals surface area contributed by atoms with Crippen LogP contribution in [0.25, 0.3) is 0 Å². The fourth-order valence-electron chi connectivity index (χ4n) is 1.74. The van der Waals surface area contributed by atoms with Gasteiger partial charge in [-0.05, 0) is 32.3 Å². The highest BCUT2D eigenvalue weighted by atomic mass is 16.6. The van der Waals surface area contributed by atoms with Crippen LogP contribution >= 0.6 is 0 Å². The molecular weight excluding hydrogens is 266 g/mol. The molecule has 0 spiro atoms. The smallest absolute Gasteiger partial charge is 0.407 e. The molecule has 0 saturated heterocycles. The number of alkyl carbamates (subject to hydrolysis) is 1. The Hall–Kier alpha value is -1.55. The molecule has 0 heterocycles. The molecule has 1 aromatic carbocycles. The van der Waals surface area contributed by atoms with Crippen molar-refractivity contribution < 1.29 is 14.3 Å². The predicted octanol–water partition coefficient (Wildman–Crippen LogP) is 3.75. The van der Waals surface area contributed by atoms with Gasteiger partial charge < -0.3 is 14.8 Å². The second kappa shape index (κ2) is 8.03. The van der Waals surface area contributed by atoms with E-state index in [4.69, 9.17) is 9.47 Å². The molecule has 0 saturated carbocycles. The molecule has 118 valence electrons. The van der Waals surface area contributed by atoms with Gasteiger partial charge in [-0.1, -0.05) is 44.2 Å². The fraction of sp³-hybridized carbons (Fsp3) is 0.588. The lowest BCUT2D eigenvalue weighted by atomic mass is 10.1. The summed E-state index contributed by atoms with van der Waals surface area (Å²) >= 11 is 0. The Kier molecular flexibility index (Phi) is 6.69. The normalized spacial score (nSPS) is 13.0. The van der Waals surface area contributed by atoms with Gasteiger partial charge in [0.25, 0.3) is 0 Å². The number of carbonyl (C=O) groups excluding carboxylic acids is 1. The second-order valence-corrected chi connectivity index (χ2v) is 6.50. The van der Waals surface area contributed by atoms with E-state index in [-0.39, 0.29) is 12.0 Å². The standard InChI is InChI=1S/C17H27NO3/c1-13(2)15(18-16(19)21-17(3,4)5)12-20-11-14-9-7-6-8-10-14/h6-10,13,15H,11-12H2,1-5H3,(H,18,19)/t15-/m0/s1. The molecule has 1 atom stereocenters. The van der Waals surface area contributed by atoms with Crippen LogP contribution in [0.3, 0.4) is 0 Å². The molecule has 0 radical (unpaired) electrons. The zero-order valence-corrected chi connectivity index (χ0v) is 13.7. The number of nitrogens with one attached hydrogen (secondary N) is 1. The van der Waals surface area contributed by atoms with Crippen molar-refractivity contribution in [2.45, 2.75) is 52.9 Å². The number of hydrogen-bond donors (Lipinski definition) is 1. The summed E-state index contributed by atoms with van der Waals surface area (Å²) < 4.78 is 11.0. The summed E-state index contributed by atoms with van der Waals surface area (Å²) in [6.45, 7) is 10.7. The van der Waals surface area contributed by atoms with Gasteiger partial charge in [0.05, 0.1) is 19.3 Å². The van der Waals surface area contributed by atoms with Crippen LogP contribution in [0.4, 0.5) is 4.79 Å². The van der Waals surface area contributed by atoms with Crippen LogP contribution in [0.5, 0.6) is 0 Å². The second-order valence-electron chi connectivity index (χ2n) is 6.50. The minimum Gasteiger partial charge on any atom is -0.444 e. The molecule has 1 rings (SSSR count). The molecule has 0 aliphatic heterocycles. The summed E-state index contributed by atoms with van der Waals surface area (Å²) in [7, 11) is 0. The van der Waals surface area contributed by atoms with Crippen molar-refractivity contribution in [3.05, 3.63) is 35.9 Å². The molecule has 1 N–H and O–H groups in total. The first kappa shape index (κ1) is 17.5. The van der Waals surface area contributed by atoms with Crippen LogP contribution in [-0.2, 0) is 16.1 Å². The maximum Gasteiger partial charge on any atom is 0.407 e.